The number of hydrogen-bond acceptors (Lipinski definition) is 3. The summed E-state index contributed by atoms with van der Waals surface area (Å²) in [5.41, 5.74) is 1.62. The van der Waals surface area contributed by atoms with Gasteiger partial charge < -0.3 is 5.11 Å². The summed E-state index contributed by atoms with van der Waals surface area (Å²) in [6.45, 7) is 1.63. The van der Waals surface area contributed by atoms with Gasteiger partial charge in [0.15, 0.2) is 0 Å². The summed E-state index contributed by atoms with van der Waals surface area (Å²) in [5.74, 6) is 0.693. The van der Waals surface area contributed by atoms with Crippen LogP contribution in [0.2, 0.25) is 0 Å². The van der Waals surface area contributed by atoms with E-state index in [9.17, 15) is 0 Å². The highest BCUT2D eigenvalue weighted by molar-refractivity contribution is 5.49. The van der Waals surface area contributed by atoms with Gasteiger partial charge in [0.05, 0.1) is 29.9 Å². The van der Waals surface area contributed by atoms with Gasteiger partial charge in [0.1, 0.15) is 0 Å². The average molecular weight is 185 g/mol. The number of nitriles is 2. The molecular formula is C11H9N2O. The lowest BCUT2D eigenvalue weighted by Crippen LogP contribution is -2.03. The van der Waals surface area contributed by atoms with Crippen LogP contribution < -0.4 is 0 Å². The zero-order valence-corrected chi connectivity index (χ0v) is 7.78. The van der Waals surface area contributed by atoms with Crippen LogP contribution in [-0.2, 0) is 0 Å². The van der Waals surface area contributed by atoms with Gasteiger partial charge in [-0.1, -0.05) is 6.92 Å². The Bertz CT molecular complexity index is 412. The topological polar surface area (TPSA) is 67.8 Å². The lowest BCUT2D eigenvalue weighted by atomic mass is 9.95. The Hall–Kier alpha value is -1.84. The molecule has 3 heteroatoms. The quantitative estimate of drug-likeness (QED) is 0.756. The van der Waals surface area contributed by atoms with Crippen molar-refractivity contribution < 1.29 is 5.11 Å². The first-order chi connectivity index (χ1) is 6.72. The molecule has 0 saturated heterocycles. The second-order valence-electron chi connectivity index (χ2n) is 2.92. The molecule has 69 valence electrons. The summed E-state index contributed by atoms with van der Waals surface area (Å²) in [5, 5.41) is 26.4. The fraction of sp³-hybridized carbons (Fsp3) is 0.182. The number of rotatable bonds is 2. The minimum Gasteiger partial charge on any atom is -0.395 e. The van der Waals surface area contributed by atoms with Crippen molar-refractivity contribution in [3.63, 3.8) is 0 Å². The predicted molar refractivity (Wildman–Crippen MR) is 51.0 cm³/mol. The van der Waals surface area contributed by atoms with E-state index < -0.39 is 0 Å². The Kier molecular flexibility index (Phi) is 3.23. The normalized spacial score (nSPS) is 9.50. The van der Waals surface area contributed by atoms with Crippen molar-refractivity contribution in [1.82, 2.24) is 0 Å². The molecule has 1 aromatic carbocycles. The van der Waals surface area contributed by atoms with Crippen molar-refractivity contribution in [3.05, 3.63) is 40.8 Å². The van der Waals surface area contributed by atoms with Gasteiger partial charge in [-0.2, -0.15) is 10.5 Å². The zero-order chi connectivity index (χ0) is 10.6. The Balaban J connectivity index is 3.25. The van der Waals surface area contributed by atoms with Crippen LogP contribution in [0.4, 0.5) is 0 Å². The molecule has 0 saturated carbocycles. The molecule has 0 aliphatic heterocycles. The SMILES string of the molecule is C[C](CO)c1cc(C#N)ccc1C#N. The van der Waals surface area contributed by atoms with Gasteiger partial charge in [-0.25, -0.2) is 0 Å². The Labute approximate surface area is 82.8 Å². The van der Waals surface area contributed by atoms with Crippen LogP contribution in [0.25, 0.3) is 0 Å². The van der Waals surface area contributed by atoms with Crippen molar-refractivity contribution in [1.29, 1.82) is 10.5 Å². The Morgan fingerprint density at radius 1 is 1.36 bits per heavy atom. The average Bonchev–Trinajstić information content (AvgIpc) is 2.27. The lowest BCUT2D eigenvalue weighted by molar-refractivity contribution is 0.315. The molecule has 0 bridgehead atoms. The number of benzene rings is 1. The second kappa shape index (κ2) is 4.41. The van der Waals surface area contributed by atoms with Crippen LogP contribution in [0.1, 0.15) is 23.6 Å². The summed E-state index contributed by atoms with van der Waals surface area (Å²) in [4.78, 5) is 0. The highest BCUT2D eigenvalue weighted by Gasteiger charge is 2.10. The summed E-state index contributed by atoms with van der Waals surface area (Å²) in [7, 11) is 0. The summed E-state index contributed by atoms with van der Waals surface area (Å²) in [6, 6.07) is 8.81. The minimum atomic E-state index is -0.108. The molecule has 0 spiro atoms. The van der Waals surface area contributed by atoms with Crippen LogP contribution in [0.3, 0.4) is 0 Å². The van der Waals surface area contributed by atoms with E-state index in [0.717, 1.165) is 0 Å². The summed E-state index contributed by atoms with van der Waals surface area (Å²) < 4.78 is 0. The predicted octanol–water partition coefficient (Wildman–Crippen LogP) is 1.36. The lowest BCUT2D eigenvalue weighted by Gasteiger charge is -2.09. The molecule has 14 heavy (non-hydrogen) atoms. The van der Waals surface area contributed by atoms with Crippen LogP contribution in [0.15, 0.2) is 18.2 Å². The Morgan fingerprint density at radius 3 is 2.57 bits per heavy atom. The van der Waals surface area contributed by atoms with E-state index in [4.69, 9.17) is 15.6 Å². The fourth-order valence-corrected chi connectivity index (χ4v) is 1.15. The number of aliphatic hydroxyl groups is 1. The van der Waals surface area contributed by atoms with Crippen molar-refractivity contribution >= 4 is 0 Å². The van der Waals surface area contributed by atoms with Gasteiger partial charge in [-0.3, -0.25) is 0 Å². The molecule has 1 radical (unpaired) electrons. The van der Waals surface area contributed by atoms with Crippen LogP contribution >= 0.6 is 0 Å². The van der Waals surface area contributed by atoms with Gasteiger partial charge in [0.25, 0.3) is 0 Å². The van der Waals surface area contributed by atoms with Crippen LogP contribution in [0.5, 0.6) is 0 Å². The first-order valence-corrected chi connectivity index (χ1v) is 4.11. The third kappa shape index (κ3) is 1.90. The molecule has 1 N–H and O–H groups in total. The third-order valence-corrected chi connectivity index (χ3v) is 1.97. The zero-order valence-electron chi connectivity index (χ0n) is 7.78. The first-order valence-electron chi connectivity index (χ1n) is 4.11. The van der Waals surface area contributed by atoms with Gasteiger partial charge in [-0.15, -0.1) is 0 Å². The standard InChI is InChI=1S/C11H9N2O/c1-8(7-14)11-4-9(5-12)2-3-10(11)6-13/h2-4,14H,7H2,1H3. The molecule has 0 heterocycles. The fourth-order valence-electron chi connectivity index (χ4n) is 1.15. The van der Waals surface area contributed by atoms with Gasteiger partial charge in [0, 0.05) is 5.92 Å². The van der Waals surface area contributed by atoms with Crippen molar-refractivity contribution in [3.8, 4) is 12.1 Å². The van der Waals surface area contributed by atoms with Crippen molar-refractivity contribution in [2.75, 3.05) is 6.61 Å². The number of hydrogen-bond donors (Lipinski definition) is 1. The highest BCUT2D eigenvalue weighted by Crippen LogP contribution is 2.19. The van der Waals surface area contributed by atoms with E-state index in [1.165, 1.54) is 0 Å². The molecule has 1 rings (SSSR count). The van der Waals surface area contributed by atoms with Gasteiger partial charge in [-0.05, 0) is 23.8 Å². The summed E-state index contributed by atoms with van der Waals surface area (Å²) >= 11 is 0. The number of nitrogens with zero attached hydrogens (tertiary/aromatic N) is 2. The molecular weight excluding hydrogens is 176 g/mol. The molecule has 0 aliphatic rings. The van der Waals surface area contributed by atoms with E-state index in [-0.39, 0.29) is 6.61 Å². The molecule has 0 aliphatic carbocycles. The molecule has 0 atom stereocenters. The highest BCUT2D eigenvalue weighted by atomic mass is 16.3. The maximum Gasteiger partial charge on any atom is 0.0994 e. The van der Waals surface area contributed by atoms with Gasteiger partial charge in [0.2, 0.25) is 0 Å². The molecule has 0 aromatic heterocycles. The monoisotopic (exact) mass is 185 g/mol. The maximum absolute atomic E-state index is 8.94. The van der Waals surface area contributed by atoms with Crippen LogP contribution in [0, 0.1) is 28.6 Å². The minimum absolute atomic E-state index is 0.108. The van der Waals surface area contributed by atoms with Crippen LogP contribution in [-0.4, -0.2) is 11.7 Å². The van der Waals surface area contributed by atoms with E-state index in [0.29, 0.717) is 22.6 Å². The van der Waals surface area contributed by atoms with Crippen molar-refractivity contribution in [2.24, 2.45) is 0 Å². The third-order valence-electron chi connectivity index (χ3n) is 1.97. The largest absolute Gasteiger partial charge is 0.395 e. The smallest absolute Gasteiger partial charge is 0.0994 e. The van der Waals surface area contributed by atoms with Crippen molar-refractivity contribution in [2.45, 2.75) is 6.92 Å². The molecule has 0 unspecified atom stereocenters. The molecule has 0 fully saturated rings. The Morgan fingerprint density at radius 2 is 2.07 bits per heavy atom. The first kappa shape index (κ1) is 10.2. The van der Waals surface area contributed by atoms with E-state index in [1.54, 1.807) is 25.1 Å². The van der Waals surface area contributed by atoms with E-state index >= 15 is 0 Å². The van der Waals surface area contributed by atoms with E-state index in [1.807, 2.05) is 12.1 Å². The maximum atomic E-state index is 8.94. The van der Waals surface area contributed by atoms with Gasteiger partial charge >= 0.3 is 0 Å². The molecule has 1 aromatic rings. The summed E-state index contributed by atoms with van der Waals surface area (Å²) in [6.07, 6.45) is 0. The molecule has 0 amide bonds. The second-order valence-corrected chi connectivity index (χ2v) is 2.92. The van der Waals surface area contributed by atoms with E-state index in [2.05, 4.69) is 0 Å². The molecule has 3 nitrogen and oxygen atoms in total. The number of aliphatic hydroxyl groups excluding tert-OH is 1.